The molecule has 4 heteroatoms. The van der Waals surface area contributed by atoms with Gasteiger partial charge in [-0.05, 0) is 35.7 Å². The highest BCUT2D eigenvalue weighted by Crippen LogP contribution is 2.27. The first-order chi connectivity index (χ1) is 8.70. The van der Waals surface area contributed by atoms with Crippen molar-refractivity contribution in [3.63, 3.8) is 0 Å². The summed E-state index contributed by atoms with van der Waals surface area (Å²) in [5.41, 5.74) is 3.03. The summed E-state index contributed by atoms with van der Waals surface area (Å²) in [7, 11) is 0. The van der Waals surface area contributed by atoms with Gasteiger partial charge in [0, 0.05) is 17.0 Å². The van der Waals surface area contributed by atoms with E-state index in [0.29, 0.717) is 0 Å². The Balaban J connectivity index is 2.09. The minimum Gasteiger partial charge on any atom is -0.392 e. The fraction of sp³-hybridized carbons (Fsp3) is 0.214. The van der Waals surface area contributed by atoms with Crippen molar-refractivity contribution in [3.8, 4) is 0 Å². The average molecular weight is 280 g/mol. The van der Waals surface area contributed by atoms with Crippen LogP contribution in [0.3, 0.4) is 0 Å². The van der Waals surface area contributed by atoms with Gasteiger partial charge >= 0.3 is 0 Å². The number of pyridine rings is 1. The number of hydrogen-bond donors (Lipinski definition) is 1. The fourth-order valence-electron chi connectivity index (χ4n) is 1.62. The first-order valence-corrected chi connectivity index (χ1v) is 6.99. The monoisotopic (exact) mass is 279 g/mol. The van der Waals surface area contributed by atoms with Crippen molar-refractivity contribution in [3.05, 3.63) is 58.2 Å². The Hall–Kier alpha value is -1.03. The molecule has 0 aliphatic heterocycles. The zero-order chi connectivity index (χ0) is 13.0. The van der Waals surface area contributed by atoms with Crippen LogP contribution in [-0.4, -0.2) is 10.1 Å². The third-order valence-electron chi connectivity index (χ3n) is 2.59. The third-order valence-corrected chi connectivity index (χ3v) is 4.12. The van der Waals surface area contributed by atoms with Crippen LogP contribution in [0.4, 0.5) is 0 Å². The molecule has 0 fully saturated rings. The molecular formula is C14H14ClNOS. The maximum absolute atomic E-state index is 9.03. The normalized spacial score (nSPS) is 10.6. The van der Waals surface area contributed by atoms with E-state index in [-0.39, 0.29) is 6.61 Å². The Labute approximate surface area is 116 Å². The summed E-state index contributed by atoms with van der Waals surface area (Å²) in [5, 5.41) is 10.8. The molecule has 1 aromatic carbocycles. The molecule has 0 aliphatic carbocycles. The summed E-state index contributed by atoms with van der Waals surface area (Å²) in [5.74, 6) is 0.798. The molecule has 0 radical (unpaired) electrons. The average Bonchev–Trinajstić information content (AvgIpc) is 2.39. The number of rotatable bonds is 4. The van der Waals surface area contributed by atoms with Gasteiger partial charge in [0.25, 0.3) is 0 Å². The van der Waals surface area contributed by atoms with E-state index in [2.05, 4.69) is 4.98 Å². The Morgan fingerprint density at radius 3 is 2.78 bits per heavy atom. The number of benzene rings is 1. The van der Waals surface area contributed by atoms with Gasteiger partial charge in [0.2, 0.25) is 0 Å². The van der Waals surface area contributed by atoms with Crippen LogP contribution in [0.1, 0.15) is 16.7 Å². The SMILES string of the molecule is Cc1cc(CO)cnc1SCc1ccccc1Cl. The molecule has 18 heavy (non-hydrogen) atoms. The number of aliphatic hydroxyl groups is 1. The van der Waals surface area contributed by atoms with Crippen molar-refractivity contribution in [1.82, 2.24) is 4.98 Å². The molecule has 2 rings (SSSR count). The molecule has 0 saturated heterocycles. The summed E-state index contributed by atoms with van der Waals surface area (Å²) in [6, 6.07) is 9.79. The highest BCUT2D eigenvalue weighted by atomic mass is 35.5. The molecule has 0 atom stereocenters. The molecule has 0 spiro atoms. The van der Waals surface area contributed by atoms with Crippen LogP contribution >= 0.6 is 23.4 Å². The summed E-state index contributed by atoms with van der Waals surface area (Å²) in [6.07, 6.45) is 1.71. The minimum absolute atomic E-state index is 0.0311. The summed E-state index contributed by atoms with van der Waals surface area (Å²) >= 11 is 7.77. The molecule has 1 heterocycles. The van der Waals surface area contributed by atoms with Gasteiger partial charge in [-0.1, -0.05) is 29.8 Å². The molecule has 0 saturated carbocycles. The number of aryl methyl sites for hydroxylation is 1. The van der Waals surface area contributed by atoms with Gasteiger partial charge in [-0.3, -0.25) is 0 Å². The molecule has 94 valence electrons. The van der Waals surface area contributed by atoms with Crippen molar-refractivity contribution in [2.24, 2.45) is 0 Å². The van der Waals surface area contributed by atoms with Crippen LogP contribution in [0.15, 0.2) is 41.6 Å². The highest BCUT2D eigenvalue weighted by Gasteiger charge is 2.05. The fourth-order valence-corrected chi connectivity index (χ4v) is 2.86. The number of aromatic nitrogens is 1. The largest absolute Gasteiger partial charge is 0.392 e. The van der Waals surface area contributed by atoms with Gasteiger partial charge in [0.15, 0.2) is 0 Å². The van der Waals surface area contributed by atoms with Gasteiger partial charge < -0.3 is 5.11 Å². The van der Waals surface area contributed by atoms with Gasteiger partial charge in [-0.15, -0.1) is 11.8 Å². The van der Waals surface area contributed by atoms with Crippen LogP contribution in [0.25, 0.3) is 0 Å². The Bertz CT molecular complexity index is 545. The molecule has 0 unspecified atom stereocenters. The highest BCUT2D eigenvalue weighted by molar-refractivity contribution is 7.98. The third kappa shape index (κ3) is 3.25. The zero-order valence-corrected chi connectivity index (χ0v) is 11.6. The standard InChI is InChI=1S/C14H14ClNOS/c1-10-6-11(8-17)7-16-14(10)18-9-12-4-2-3-5-13(12)15/h2-7,17H,8-9H2,1H3. The van der Waals surface area contributed by atoms with Gasteiger partial charge in [-0.2, -0.15) is 0 Å². The molecule has 0 bridgehead atoms. The van der Waals surface area contributed by atoms with E-state index in [1.165, 1.54) is 0 Å². The lowest BCUT2D eigenvalue weighted by Gasteiger charge is -2.07. The number of halogens is 1. The molecule has 2 aromatic rings. The predicted octanol–water partition coefficient (Wildman–Crippen LogP) is 3.83. The Kier molecular flexibility index (Phi) is 4.64. The van der Waals surface area contributed by atoms with E-state index in [9.17, 15) is 0 Å². The number of hydrogen-bond acceptors (Lipinski definition) is 3. The minimum atomic E-state index is 0.0311. The van der Waals surface area contributed by atoms with Crippen LogP contribution in [0.5, 0.6) is 0 Å². The van der Waals surface area contributed by atoms with Crippen molar-refractivity contribution < 1.29 is 5.11 Å². The van der Waals surface area contributed by atoms with Gasteiger partial charge in [-0.25, -0.2) is 4.98 Å². The van der Waals surface area contributed by atoms with E-state index < -0.39 is 0 Å². The first kappa shape index (κ1) is 13.4. The van der Waals surface area contributed by atoms with Crippen molar-refractivity contribution in [2.45, 2.75) is 24.3 Å². The van der Waals surface area contributed by atoms with Crippen molar-refractivity contribution >= 4 is 23.4 Å². The number of nitrogens with zero attached hydrogens (tertiary/aromatic N) is 1. The lowest BCUT2D eigenvalue weighted by molar-refractivity contribution is 0.281. The lowest BCUT2D eigenvalue weighted by Crippen LogP contribution is -1.92. The second-order valence-electron chi connectivity index (χ2n) is 4.00. The van der Waals surface area contributed by atoms with Gasteiger partial charge in [0.1, 0.15) is 0 Å². The zero-order valence-electron chi connectivity index (χ0n) is 10.1. The quantitative estimate of drug-likeness (QED) is 0.864. The maximum atomic E-state index is 9.03. The maximum Gasteiger partial charge on any atom is 0.0992 e. The van der Waals surface area contributed by atoms with E-state index in [1.54, 1.807) is 18.0 Å². The van der Waals surface area contributed by atoms with E-state index in [0.717, 1.165) is 32.5 Å². The summed E-state index contributed by atoms with van der Waals surface area (Å²) < 4.78 is 0. The first-order valence-electron chi connectivity index (χ1n) is 5.63. The topological polar surface area (TPSA) is 33.1 Å². The Morgan fingerprint density at radius 2 is 2.11 bits per heavy atom. The molecule has 1 aromatic heterocycles. The van der Waals surface area contributed by atoms with Crippen LogP contribution in [0.2, 0.25) is 5.02 Å². The molecule has 0 aliphatic rings. The van der Waals surface area contributed by atoms with E-state index in [4.69, 9.17) is 16.7 Å². The Morgan fingerprint density at radius 1 is 1.33 bits per heavy atom. The smallest absolute Gasteiger partial charge is 0.0992 e. The van der Waals surface area contributed by atoms with Crippen LogP contribution in [-0.2, 0) is 12.4 Å². The summed E-state index contributed by atoms with van der Waals surface area (Å²) in [4.78, 5) is 4.35. The van der Waals surface area contributed by atoms with Gasteiger partial charge in [0.05, 0.1) is 11.6 Å². The number of thioether (sulfide) groups is 1. The van der Waals surface area contributed by atoms with Crippen molar-refractivity contribution in [1.29, 1.82) is 0 Å². The van der Waals surface area contributed by atoms with Crippen LogP contribution in [0, 0.1) is 6.92 Å². The molecule has 0 amide bonds. The second kappa shape index (κ2) is 6.23. The summed E-state index contributed by atoms with van der Waals surface area (Å²) in [6.45, 7) is 2.03. The van der Waals surface area contributed by atoms with E-state index in [1.807, 2.05) is 37.3 Å². The molecule has 2 nitrogen and oxygen atoms in total. The predicted molar refractivity (Wildman–Crippen MR) is 75.9 cm³/mol. The molecular weight excluding hydrogens is 266 g/mol. The second-order valence-corrected chi connectivity index (χ2v) is 5.38. The number of aliphatic hydroxyl groups excluding tert-OH is 1. The molecule has 1 N–H and O–H groups in total. The van der Waals surface area contributed by atoms with E-state index >= 15 is 0 Å². The van der Waals surface area contributed by atoms with Crippen LogP contribution < -0.4 is 0 Å². The lowest BCUT2D eigenvalue weighted by atomic mass is 10.2. The van der Waals surface area contributed by atoms with Crippen molar-refractivity contribution in [2.75, 3.05) is 0 Å².